The second-order valence-corrected chi connectivity index (χ2v) is 4.84. The van der Waals surface area contributed by atoms with Crippen LogP contribution in [-0.4, -0.2) is 22.1 Å². The molecular weight excluding hydrogens is 358 g/mol. The van der Waals surface area contributed by atoms with E-state index in [4.69, 9.17) is 16.7 Å². The Balaban J connectivity index is 2.25. The van der Waals surface area contributed by atoms with Gasteiger partial charge in [0.2, 0.25) is 5.76 Å². The molecule has 0 radical (unpaired) electrons. The topological polar surface area (TPSA) is 92.4 Å². The number of rotatable bonds is 3. The van der Waals surface area contributed by atoms with E-state index in [-0.39, 0.29) is 20.9 Å². The molecule has 0 fully saturated rings. The SMILES string of the molecule is O=C(Nc1c(Cl)cc(F)cc1Br)c1cc(C(=O)O)on1. The highest BCUT2D eigenvalue weighted by Gasteiger charge is 2.18. The number of carbonyl (C=O) groups is 2. The fraction of sp³-hybridized carbons (Fsp3) is 0. The molecule has 0 bridgehead atoms. The molecule has 0 aliphatic carbocycles. The molecule has 1 amide bonds. The monoisotopic (exact) mass is 362 g/mol. The molecule has 104 valence electrons. The number of nitrogens with one attached hydrogen (secondary N) is 1. The Hall–Kier alpha value is -1.93. The highest BCUT2D eigenvalue weighted by molar-refractivity contribution is 9.10. The highest BCUT2D eigenvalue weighted by atomic mass is 79.9. The van der Waals surface area contributed by atoms with Gasteiger partial charge in [0, 0.05) is 10.5 Å². The first kappa shape index (κ1) is 14.5. The van der Waals surface area contributed by atoms with Crippen LogP contribution in [0.5, 0.6) is 0 Å². The van der Waals surface area contributed by atoms with Gasteiger partial charge >= 0.3 is 5.97 Å². The van der Waals surface area contributed by atoms with Crippen molar-refractivity contribution in [2.45, 2.75) is 0 Å². The number of hydrogen-bond acceptors (Lipinski definition) is 4. The van der Waals surface area contributed by atoms with Crippen LogP contribution in [0.15, 0.2) is 27.2 Å². The van der Waals surface area contributed by atoms with Gasteiger partial charge in [-0.05, 0) is 28.1 Å². The maximum atomic E-state index is 13.0. The molecule has 2 N–H and O–H groups in total. The summed E-state index contributed by atoms with van der Waals surface area (Å²) < 4.78 is 17.7. The standard InChI is InChI=1S/C11H5BrClFN2O4/c12-5-1-4(14)2-6(13)9(5)15-10(17)7-3-8(11(18)19)20-16-7/h1-3H,(H,15,17)(H,18,19). The van der Waals surface area contributed by atoms with E-state index in [1.807, 2.05) is 0 Å². The lowest BCUT2D eigenvalue weighted by Crippen LogP contribution is -2.13. The molecular formula is C11H5BrClFN2O4. The third-order valence-electron chi connectivity index (χ3n) is 2.20. The van der Waals surface area contributed by atoms with Gasteiger partial charge < -0.3 is 14.9 Å². The second kappa shape index (κ2) is 5.59. The molecule has 6 nitrogen and oxygen atoms in total. The predicted octanol–water partition coefficient (Wildman–Crippen LogP) is 3.18. The zero-order chi connectivity index (χ0) is 14.9. The summed E-state index contributed by atoms with van der Waals surface area (Å²) in [5, 5.41) is 14.3. The first-order valence-electron chi connectivity index (χ1n) is 5.04. The third-order valence-corrected chi connectivity index (χ3v) is 3.12. The van der Waals surface area contributed by atoms with Crippen LogP contribution in [0.2, 0.25) is 5.02 Å². The van der Waals surface area contributed by atoms with Gasteiger partial charge in [-0.1, -0.05) is 16.8 Å². The van der Waals surface area contributed by atoms with E-state index in [1.54, 1.807) is 0 Å². The molecule has 0 saturated carbocycles. The zero-order valence-electron chi connectivity index (χ0n) is 9.49. The van der Waals surface area contributed by atoms with E-state index in [1.165, 1.54) is 0 Å². The number of amides is 1. The highest BCUT2D eigenvalue weighted by Crippen LogP contribution is 2.32. The molecule has 0 spiro atoms. The average Bonchev–Trinajstić information content (AvgIpc) is 2.83. The van der Waals surface area contributed by atoms with E-state index in [2.05, 4.69) is 30.9 Å². The Bertz CT molecular complexity index is 680. The lowest BCUT2D eigenvalue weighted by molar-refractivity contribution is 0.0651. The Morgan fingerprint density at radius 1 is 1.40 bits per heavy atom. The van der Waals surface area contributed by atoms with Gasteiger partial charge in [-0.2, -0.15) is 0 Å². The van der Waals surface area contributed by atoms with Gasteiger partial charge in [0.15, 0.2) is 5.69 Å². The van der Waals surface area contributed by atoms with Crippen molar-refractivity contribution in [3.05, 3.63) is 45.0 Å². The molecule has 0 aliphatic rings. The maximum absolute atomic E-state index is 13.0. The van der Waals surface area contributed by atoms with Crippen LogP contribution in [0, 0.1) is 5.82 Å². The normalized spacial score (nSPS) is 10.3. The Labute approximate surface area is 124 Å². The molecule has 1 heterocycles. The first-order valence-corrected chi connectivity index (χ1v) is 6.21. The predicted molar refractivity (Wildman–Crippen MR) is 70.5 cm³/mol. The number of carbonyl (C=O) groups excluding carboxylic acids is 1. The van der Waals surface area contributed by atoms with Gasteiger partial charge in [-0.25, -0.2) is 9.18 Å². The van der Waals surface area contributed by atoms with E-state index < -0.39 is 23.5 Å². The summed E-state index contributed by atoms with van der Waals surface area (Å²) >= 11 is 8.85. The fourth-order valence-corrected chi connectivity index (χ4v) is 2.22. The van der Waals surface area contributed by atoms with Gasteiger partial charge in [-0.3, -0.25) is 4.79 Å². The zero-order valence-corrected chi connectivity index (χ0v) is 11.8. The number of aromatic carboxylic acids is 1. The van der Waals surface area contributed by atoms with E-state index in [0.29, 0.717) is 0 Å². The van der Waals surface area contributed by atoms with Crippen LogP contribution in [0.4, 0.5) is 10.1 Å². The van der Waals surface area contributed by atoms with Gasteiger partial charge in [0.1, 0.15) is 5.82 Å². The number of carboxylic acids is 1. The molecule has 9 heteroatoms. The largest absolute Gasteiger partial charge is 0.475 e. The molecule has 0 atom stereocenters. The quantitative estimate of drug-likeness (QED) is 0.874. The molecule has 0 unspecified atom stereocenters. The van der Waals surface area contributed by atoms with Gasteiger partial charge in [0.05, 0.1) is 10.7 Å². The summed E-state index contributed by atoms with van der Waals surface area (Å²) in [6.45, 7) is 0. The number of anilines is 1. The van der Waals surface area contributed by atoms with Crippen molar-refractivity contribution in [2.24, 2.45) is 0 Å². The summed E-state index contributed by atoms with van der Waals surface area (Å²) in [4.78, 5) is 22.4. The molecule has 1 aromatic carbocycles. The minimum absolute atomic E-state index is 0.0211. The van der Waals surface area contributed by atoms with Crippen LogP contribution < -0.4 is 5.32 Å². The summed E-state index contributed by atoms with van der Waals surface area (Å²) in [5.74, 6) is -3.14. The molecule has 1 aromatic heterocycles. The van der Waals surface area contributed by atoms with E-state index >= 15 is 0 Å². The summed E-state index contributed by atoms with van der Waals surface area (Å²) in [6, 6.07) is 3.10. The molecule has 0 aliphatic heterocycles. The van der Waals surface area contributed by atoms with Crippen molar-refractivity contribution in [3.8, 4) is 0 Å². The average molecular weight is 364 g/mol. The van der Waals surface area contributed by atoms with Crippen LogP contribution in [0.3, 0.4) is 0 Å². The minimum Gasteiger partial charge on any atom is -0.475 e. The van der Waals surface area contributed by atoms with Crippen LogP contribution in [0.1, 0.15) is 21.0 Å². The van der Waals surface area contributed by atoms with Crippen molar-refractivity contribution >= 4 is 45.1 Å². The number of aromatic nitrogens is 1. The smallest absolute Gasteiger partial charge is 0.374 e. The van der Waals surface area contributed by atoms with Gasteiger partial charge in [0.25, 0.3) is 5.91 Å². The lowest BCUT2D eigenvalue weighted by atomic mass is 10.3. The number of nitrogens with zero attached hydrogens (tertiary/aromatic N) is 1. The van der Waals surface area contributed by atoms with Crippen molar-refractivity contribution in [2.75, 3.05) is 5.32 Å². The fourth-order valence-electron chi connectivity index (χ4n) is 1.32. The number of carboxylic acid groups (broad SMARTS) is 1. The van der Waals surface area contributed by atoms with Crippen molar-refractivity contribution in [1.29, 1.82) is 0 Å². The second-order valence-electron chi connectivity index (χ2n) is 3.58. The Morgan fingerprint density at radius 3 is 2.65 bits per heavy atom. The van der Waals surface area contributed by atoms with Gasteiger partial charge in [-0.15, -0.1) is 0 Å². The molecule has 0 saturated heterocycles. The summed E-state index contributed by atoms with van der Waals surface area (Å²) in [5.41, 5.74) is -0.104. The number of halogens is 3. The number of benzene rings is 1. The van der Waals surface area contributed by atoms with Crippen molar-refractivity contribution in [3.63, 3.8) is 0 Å². The van der Waals surface area contributed by atoms with Crippen LogP contribution in [-0.2, 0) is 0 Å². The maximum Gasteiger partial charge on any atom is 0.374 e. The summed E-state index contributed by atoms with van der Waals surface area (Å²) in [6.07, 6.45) is 0. The molecule has 2 aromatic rings. The third kappa shape index (κ3) is 2.97. The van der Waals surface area contributed by atoms with E-state index in [0.717, 1.165) is 18.2 Å². The van der Waals surface area contributed by atoms with Crippen LogP contribution in [0.25, 0.3) is 0 Å². The van der Waals surface area contributed by atoms with E-state index in [9.17, 15) is 14.0 Å². The van der Waals surface area contributed by atoms with Crippen molar-refractivity contribution in [1.82, 2.24) is 5.16 Å². The Morgan fingerprint density at radius 2 is 2.10 bits per heavy atom. The van der Waals surface area contributed by atoms with Crippen LogP contribution >= 0.6 is 27.5 Å². The molecule has 2 rings (SSSR count). The number of hydrogen-bond donors (Lipinski definition) is 2. The Kier molecular flexibility index (Phi) is 4.05. The minimum atomic E-state index is -1.35. The first-order chi connectivity index (χ1) is 9.38. The van der Waals surface area contributed by atoms with Crippen molar-refractivity contribution < 1.29 is 23.6 Å². The summed E-state index contributed by atoms with van der Waals surface area (Å²) in [7, 11) is 0. The molecule has 20 heavy (non-hydrogen) atoms. The lowest BCUT2D eigenvalue weighted by Gasteiger charge is -2.08.